The minimum Gasteiger partial charge on any atom is -0.497 e. The van der Waals surface area contributed by atoms with E-state index in [4.69, 9.17) is 37.4 Å². The Kier molecular flexibility index (Phi) is 20.8. The number of unbranched alkanes of at least 4 members (excludes halogenated alkanes) is 9. The number of nitrogens with zero attached hydrogens (tertiary/aromatic N) is 4. The van der Waals surface area contributed by atoms with Gasteiger partial charge in [-0.05, 0) is 135 Å². The summed E-state index contributed by atoms with van der Waals surface area (Å²) in [4.78, 5) is 67.6. The van der Waals surface area contributed by atoms with Gasteiger partial charge < -0.3 is 24.8 Å². The molecule has 2 amide bonds. The van der Waals surface area contributed by atoms with Crippen LogP contribution in [0.25, 0.3) is 21.8 Å². The quantitative estimate of drug-likeness (QED) is 0.0257. The van der Waals surface area contributed by atoms with Crippen molar-refractivity contribution in [2.45, 2.75) is 104 Å². The Balaban J connectivity index is 0.000000241. The number of halogens is 2. The number of carbonyl (C=O) groups excluding carboxylic acids is 5. The number of hydrogen-bond acceptors (Lipinski definition) is 10. The molecular weight excluding hydrogens is 1030 g/mol. The molecule has 8 aromatic rings. The number of fused-ring (bicyclic) bond motifs is 2. The van der Waals surface area contributed by atoms with Gasteiger partial charge in [0.25, 0.3) is 11.8 Å². The normalized spacial score (nSPS) is 11.8. The predicted molar refractivity (Wildman–Crippen MR) is 309 cm³/mol. The zero-order valence-electron chi connectivity index (χ0n) is 44.9. The molecule has 8 rings (SSSR count). The molecule has 0 bridgehead atoms. The van der Waals surface area contributed by atoms with Crippen molar-refractivity contribution in [1.82, 2.24) is 19.6 Å². The van der Waals surface area contributed by atoms with Crippen molar-refractivity contribution in [3.05, 3.63) is 177 Å². The first-order chi connectivity index (χ1) is 37.7. The average Bonchev–Trinajstić information content (AvgIpc) is 4.12. The summed E-state index contributed by atoms with van der Waals surface area (Å²) in [6.45, 7) is 8.36. The highest BCUT2D eigenvalue weighted by Gasteiger charge is 2.34. The number of anilines is 2. The number of rotatable bonds is 24. The summed E-state index contributed by atoms with van der Waals surface area (Å²) in [7, 11) is 3.09. The minimum atomic E-state index is -1.35. The molecule has 0 radical (unpaired) electrons. The molecule has 16 heteroatoms. The highest BCUT2D eigenvalue weighted by molar-refractivity contribution is 6.34. The zero-order valence-corrected chi connectivity index (χ0v) is 46.5. The van der Waals surface area contributed by atoms with Crippen molar-refractivity contribution in [3.63, 3.8) is 0 Å². The molecule has 0 aliphatic carbocycles. The second-order valence-electron chi connectivity index (χ2n) is 19.3. The van der Waals surface area contributed by atoms with Gasteiger partial charge in [-0.3, -0.25) is 19.2 Å². The lowest BCUT2D eigenvalue weighted by atomic mass is 10.0. The van der Waals surface area contributed by atoms with Gasteiger partial charge in [-0.25, -0.2) is 14.2 Å². The lowest BCUT2D eigenvalue weighted by molar-refractivity contribution is -0.119. The lowest BCUT2D eigenvalue weighted by Crippen LogP contribution is -2.33. The molecule has 0 fully saturated rings. The summed E-state index contributed by atoms with van der Waals surface area (Å²) in [5.41, 5.74) is 5.86. The van der Waals surface area contributed by atoms with Crippen molar-refractivity contribution in [2.24, 2.45) is 0 Å². The molecule has 0 saturated heterocycles. The van der Waals surface area contributed by atoms with Gasteiger partial charge in [0.15, 0.2) is 23.7 Å². The molecule has 2 N–H and O–H groups in total. The van der Waals surface area contributed by atoms with Gasteiger partial charge in [0.1, 0.15) is 11.5 Å². The minimum absolute atomic E-state index is 0.194. The molecule has 2 unspecified atom stereocenters. The van der Waals surface area contributed by atoms with Crippen molar-refractivity contribution >= 4 is 85.7 Å². The standard InChI is InChI=1S/C37H44ClN3O5.C25H22ClN3O3/c1-4-5-6-7-8-9-10-11-12-13-22-46-37(44)28-17-20-31(38)32(24-28)40-36(43)34(35(42)27-15-18-30(45-3)19-16-27)41-33-21-14-26(2)23-29(33)25-39-41;1-15-5-11-20(26)21(12-15)28-25(31)23(24(30)17-7-9-19(32-3)10-8-17)29-22-13-16(2)4-6-18(22)14-27-29/h14-21,23-25,34H,4-13,22H2,1-3H3,(H,40,43);4-14,23H,1-3H3,(H,28,31). The second kappa shape index (κ2) is 28.0. The summed E-state index contributed by atoms with van der Waals surface area (Å²) in [6.07, 6.45) is 15.2. The molecule has 0 aliphatic rings. The second-order valence-corrected chi connectivity index (χ2v) is 20.1. The summed E-state index contributed by atoms with van der Waals surface area (Å²) < 4.78 is 18.8. The number of nitrogens with one attached hydrogen (secondary N) is 2. The van der Waals surface area contributed by atoms with E-state index >= 15 is 0 Å². The molecule has 2 aromatic heterocycles. The fraction of sp³-hybridized carbons (Fsp3) is 0.306. The number of Topliss-reactive ketones (excluding diaryl/α,β-unsaturated/α-hetero) is 2. The van der Waals surface area contributed by atoms with Crippen molar-refractivity contribution in [1.29, 1.82) is 0 Å². The molecular formula is C62H66Cl2N6O8. The Labute approximate surface area is 465 Å². The number of carbonyl (C=O) groups is 5. The first-order valence-corrected chi connectivity index (χ1v) is 27.0. The Hall–Kier alpha value is -7.81. The van der Waals surface area contributed by atoms with Crippen LogP contribution in [0.2, 0.25) is 10.0 Å². The number of aromatic nitrogens is 4. The van der Waals surface area contributed by atoms with Crippen LogP contribution in [0.4, 0.5) is 11.4 Å². The monoisotopic (exact) mass is 1090 g/mol. The molecule has 6 aromatic carbocycles. The number of methoxy groups -OCH3 is 2. The van der Waals surface area contributed by atoms with Crippen LogP contribution in [0.1, 0.15) is 131 Å². The van der Waals surface area contributed by atoms with Crippen LogP contribution in [0, 0.1) is 20.8 Å². The van der Waals surface area contributed by atoms with Gasteiger partial charge >= 0.3 is 5.97 Å². The predicted octanol–water partition coefficient (Wildman–Crippen LogP) is 14.5. The van der Waals surface area contributed by atoms with Crippen LogP contribution in [0.15, 0.2) is 134 Å². The Morgan fingerprint density at radius 1 is 0.500 bits per heavy atom. The van der Waals surface area contributed by atoms with Crippen molar-refractivity contribution in [3.8, 4) is 11.5 Å². The number of amides is 2. The van der Waals surface area contributed by atoms with Gasteiger partial charge in [-0.1, -0.05) is 118 Å². The number of aryl methyl sites for hydroxylation is 3. The Morgan fingerprint density at radius 3 is 1.51 bits per heavy atom. The molecule has 406 valence electrons. The maximum Gasteiger partial charge on any atom is 0.338 e. The third kappa shape index (κ3) is 15.0. The van der Waals surface area contributed by atoms with E-state index in [2.05, 4.69) is 27.8 Å². The van der Waals surface area contributed by atoms with E-state index in [-0.39, 0.29) is 22.1 Å². The van der Waals surface area contributed by atoms with Crippen molar-refractivity contribution < 1.29 is 38.2 Å². The van der Waals surface area contributed by atoms with Crippen molar-refractivity contribution in [2.75, 3.05) is 31.5 Å². The first kappa shape index (κ1) is 57.9. The number of esters is 1. The van der Waals surface area contributed by atoms with Crippen LogP contribution < -0.4 is 20.1 Å². The van der Waals surface area contributed by atoms with Gasteiger partial charge in [0, 0.05) is 21.9 Å². The first-order valence-electron chi connectivity index (χ1n) is 26.3. The molecule has 2 atom stereocenters. The molecule has 14 nitrogen and oxygen atoms in total. The molecule has 0 saturated carbocycles. The highest BCUT2D eigenvalue weighted by atomic mass is 35.5. The largest absolute Gasteiger partial charge is 0.497 e. The number of benzene rings is 6. The van der Waals surface area contributed by atoms with Crippen LogP contribution in [-0.4, -0.2) is 69.7 Å². The third-order valence-corrected chi connectivity index (χ3v) is 14.0. The van der Waals surface area contributed by atoms with E-state index in [1.807, 2.05) is 63.2 Å². The molecule has 0 spiro atoms. The van der Waals surface area contributed by atoms with Crippen LogP contribution >= 0.6 is 23.2 Å². The van der Waals surface area contributed by atoms with E-state index in [0.29, 0.717) is 51.0 Å². The fourth-order valence-electron chi connectivity index (χ4n) is 8.96. The average molecular weight is 1090 g/mol. The topological polar surface area (TPSA) is 173 Å². The van der Waals surface area contributed by atoms with Crippen LogP contribution in [0.5, 0.6) is 11.5 Å². The smallest absolute Gasteiger partial charge is 0.338 e. The van der Waals surface area contributed by atoms with Crippen LogP contribution in [-0.2, 0) is 14.3 Å². The number of hydrogen-bond donors (Lipinski definition) is 2. The van der Waals surface area contributed by atoms with E-state index in [9.17, 15) is 24.0 Å². The fourth-order valence-corrected chi connectivity index (χ4v) is 9.29. The zero-order chi connectivity index (χ0) is 55.7. The Morgan fingerprint density at radius 2 is 0.949 bits per heavy atom. The summed E-state index contributed by atoms with van der Waals surface area (Å²) in [5.74, 6) is -1.32. The molecule has 2 heterocycles. The number of ketones is 2. The van der Waals surface area contributed by atoms with Gasteiger partial charge in [-0.15, -0.1) is 0 Å². The SMILES string of the molecule is CCCCCCCCCCCCOC(=O)c1ccc(Cl)c(NC(=O)C(C(=O)c2ccc(OC)cc2)n2ncc3cc(C)ccc32)c1.COc1ccc(C(=O)C(C(=O)Nc2cc(C)ccc2Cl)n2ncc3ccc(C)cc32)cc1. The summed E-state index contributed by atoms with van der Waals surface area (Å²) in [5, 5.41) is 16.7. The van der Waals surface area contributed by atoms with Gasteiger partial charge in [0.2, 0.25) is 0 Å². The van der Waals surface area contributed by atoms with Crippen LogP contribution in [0.3, 0.4) is 0 Å². The van der Waals surface area contributed by atoms with E-state index in [0.717, 1.165) is 46.7 Å². The Bertz CT molecular complexity index is 3370. The third-order valence-electron chi connectivity index (χ3n) is 13.3. The lowest BCUT2D eigenvalue weighted by Gasteiger charge is -2.19. The summed E-state index contributed by atoms with van der Waals surface area (Å²) in [6, 6.07) is 31.9. The van der Waals surface area contributed by atoms with E-state index in [1.165, 1.54) is 73.6 Å². The number of ether oxygens (including phenoxy) is 3. The maximum absolute atomic E-state index is 13.9. The van der Waals surface area contributed by atoms with Gasteiger partial charge in [-0.2, -0.15) is 10.2 Å². The van der Waals surface area contributed by atoms with E-state index < -0.39 is 35.7 Å². The maximum atomic E-state index is 13.9. The molecule has 78 heavy (non-hydrogen) atoms. The molecule has 0 aliphatic heterocycles. The summed E-state index contributed by atoms with van der Waals surface area (Å²) >= 11 is 12.7. The highest BCUT2D eigenvalue weighted by Crippen LogP contribution is 2.31. The van der Waals surface area contributed by atoms with Gasteiger partial charge in [0.05, 0.1) is 71.2 Å². The van der Waals surface area contributed by atoms with E-state index in [1.54, 1.807) is 86.2 Å².